The zero-order valence-corrected chi connectivity index (χ0v) is 17.2. The predicted molar refractivity (Wildman–Crippen MR) is 113 cm³/mol. The molecule has 4 rings (SSSR count). The lowest BCUT2D eigenvalue weighted by Gasteiger charge is -2.20. The number of rotatable bonds is 3. The highest BCUT2D eigenvalue weighted by molar-refractivity contribution is 7.92. The zero-order valence-electron chi connectivity index (χ0n) is 15.6. The number of benzene rings is 3. The molecule has 0 bridgehead atoms. The number of ether oxygens (including phenoxy) is 1. The van der Waals surface area contributed by atoms with Crippen molar-refractivity contribution in [1.82, 2.24) is 0 Å². The summed E-state index contributed by atoms with van der Waals surface area (Å²) in [5, 5.41) is 3.15. The Labute approximate surface area is 173 Å². The number of anilines is 2. The van der Waals surface area contributed by atoms with Crippen molar-refractivity contribution in [1.29, 1.82) is 0 Å². The van der Waals surface area contributed by atoms with E-state index in [2.05, 4.69) is 5.32 Å². The van der Waals surface area contributed by atoms with E-state index in [9.17, 15) is 13.2 Å². The number of nitrogens with zero attached hydrogens (tertiary/aromatic N) is 1. The molecule has 1 amide bonds. The molecule has 1 N–H and O–H groups in total. The molecule has 0 aromatic heterocycles. The molecule has 0 fully saturated rings. The van der Waals surface area contributed by atoms with Gasteiger partial charge in [0.15, 0.2) is 5.75 Å². The average molecular weight is 429 g/mol. The number of amides is 1. The molecule has 0 saturated heterocycles. The van der Waals surface area contributed by atoms with Crippen molar-refractivity contribution in [2.45, 2.75) is 11.8 Å². The van der Waals surface area contributed by atoms with Crippen LogP contribution in [0.1, 0.15) is 15.9 Å². The Morgan fingerprint density at radius 1 is 0.966 bits per heavy atom. The lowest BCUT2D eigenvalue weighted by molar-refractivity contribution is 0.102. The molecule has 1 aliphatic rings. The number of fused-ring (bicyclic) bond motifs is 2. The number of sulfonamides is 1. The van der Waals surface area contributed by atoms with Crippen LogP contribution in [0, 0.1) is 6.92 Å². The topological polar surface area (TPSA) is 75.7 Å². The molecule has 0 radical (unpaired) electrons. The summed E-state index contributed by atoms with van der Waals surface area (Å²) in [5.41, 5.74) is 2.09. The second kappa shape index (κ2) is 7.09. The number of nitrogens with one attached hydrogen (secondary N) is 1. The molecule has 0 atom stereocenters. The fourth-order valence-electron chi connectivity index (χ4n) is 2.98. The van der Waals surface area contributed by atoms with Crippen LogP contribution in [0.2, 0.25) is 5.02 Å². The van der Waals surface area contributed by atoms with E-state index >= 15 is 0 Å². The van der Waals surface area contributed by atoms with Gasteiger partial charge in [-0.15, -0.1) is 0 Å². The number of carbonyl (C=O) groups excluding carboxylic acids is 1. The summed E-state index contributed by atoms with van der Waals surface area (Å²) in [7, 11) is -2.40. The highest BCUT2D eigenvalue weighted by Gasteiger charge is 2.27. The molecular formula is C21H17ClN2O4S. The molecule has 3 aromatic rings. The first-order chi connectivity index (χ1) is 13.8. The highest BCUT2D eigenvalue weighted by atomic mass is 35.5. The van der Waals surface area contributed by atoms with Crippen LogP contribution in [0.3, 0.4) is 0 Å². The van der Waals surface area contributed by atoms with Crippen LogP contribution in [0.5, 0.6) is 11.5 Å². The summed E-state index contributed by atoms with van der Waals surface area (Å²) in [5.74, 6) is 0.213. The van der Waals surface area contributed by atoms with E-state index < -0.39 is 15.9 Å². The van der Waals surface area contributed by atoms with Crippen LogP contribution in [-0.4, -0.2) is 21.4 Å². The minimum Gasteiger partial charge on any atom is -0.454 e. The van der Waals surface area contributed by atoms with Gasteiger partial charge >= 0.3 is 0 Å². The maximum absolute atomic E-state index is 13.1. The van der Waals surface area contributed by atoms with Crippen molar-refractivity contribution in [2.24, 2.45) is 0 Å². The van der Waals surface area contributed by atoms with Gasteiger partial charge in [0.2, 0.25) is 0 Å². The van der Waals surface area contributed by atoms with E-state index in [0.717, 1.165) is 5.56 Å². The van der Waals surface area contributed by atoms with Crippen LogP contribution >= 0.6 is 11.6 Å². The Morgan fingerprint density at radius 3 is 2.38 bits per heavy atom. The van der Waals surface area contributed by atoms with Crippen molar-refractivity contribution in [3.8, 4) is 11.5 Å². The molecule has 0 unspecified atom stereocenters. The van der Waals surface area contributed by atoms with Gasteiger partial charge in [0.1, 0.15) is 5.75 Å². The fraction of sp³-hybridized carbons (Fsp3) is 0.0952. The molecule has 29 heavy (non-hydrogen) atoms. The van der Waals surface area contributed by atoms with Gasteiger partial charge in [-0.05, 0) is 55.5 Å². The van der Waals surface area contributed by atoms with Crippen molar-refractivity contribution >= 4 is 38.9 Å². The van der Waals surface area contributed by atoms with Gasteiger partial charge in [-0.25, -0.2) is 8.42 Å². The third kappa shape index (κ3) is 3.54. The Morgan fingerprint density at radius 2 is 1.66 bits per heavy atom. The minimum absolute atomic E-state index is 0.0120. The summed E-state index contributed by atoms with van der Waals surface area (Å²) < 4.78 is 33.2. The lowest BCUT2D eigenvalue weighted by Crippen LogP contribution is -2.26. The second-order valence-electron chi connectivity index (χ2n) is 6.66. The Balaban J connectivity index is 1.73. The maximum Gasteiger partial charge on any atom is 0.264 e. The van der Waals surface area contributed by atoms with Crippen LogP contribution in [0.15, 0.2) is 65.6 Å². The van der Waals surface area contributed by atoms with Gasteiger partial charge in [-0.1, -0.05) is 29.3 Å². The maximum atomic E-state index is 13.1. The first-order valence-corrected chi connectivity index (χ1v) is 10.6. The number of hydrogen-bond donors (Lipinski definition) is 1. The SMILES string of the molecule is Cc1ccc(N(C)S(=O)(=O)c2ccc3c(c2)C(=O)Nc2cc(Cl)ccc2O3)cc1. The first kappa shape index (κ1) is 19.3. The first-order valence-electron chi connectivity index (χ1n) is 8.74. The van der Waals surface area contributed by atoms with Gasteiger partial charge in [0, 0.05) is 12.1 Å². The smallest absolute Gasteiger partial charge is 0.264 e. The van der Waals surface area contributed by atoms with Crippen molar-refractivity contribution in [3.63, 3.8) is 0 Å². The molecule has 0 aliphatic carbocycles. The lowest BCUT2D eigenvalue weighted by atomic mass is 10.2. The summed E-state index contributed by atoms with van der Waals surface area (Å²) in [6.07, 6.45) is 0. The van der Waals surface area contributed by atoms with Gasteiger partial charge in [-0.3, -0.25) is 9.10 Å². The van der Waals surface area contributed by atoms with Crippen LogP contribution in [0.4, 0.5) is 11.4 Å². The Kier molecular flexibility index (Phi) is 4.72. The summed E-state index contributed by atoms with van der Waals surface area (Å²) in [6.45, 7) is 1.93. The van der Waals surface area contributed by atoms with Gasteiger partial charge in [-0.2, -0.15) is 0 Å². The largest absolute Gasteiger partial charge is 0.454 e. The van der Waals surface area contributed by atoms with Crippen molar-refractivity contribution in [3.05, 3.63) is 76.8 Å². The quantitative estimate of drug-likeness (QED) is 0.648. The molecule has 148 valence electrons. The van der Waals surface area contributed by atoms with Crippen LogP contribution in [-0.2, 0) is 10.0 Å². The van der Waals surface area contributed by atoms with E-state index in [1.807, 2.05) is 19.1 Å². The van der Waals surface area contributed by atoms with E-state index in [1.165, 1.54) is 29.6 Å². The van der Waals surface area contributed by atoms with Crippen molar-refractivity contribution in [2.75, 3.05) is 16.7 Å². The molecule has 8 heteroatoms. The molecule has 6 nitrogen and oxygen atoms in total. The Hall–Kier alpha value is -3.03. The van der Waals surface area contributed by atoms with Gasteiger partial charge in [0.05, 0.1) is 21.8 Å². The van der Waals surface area contributed by atoms with Crippen LogP contribution < -0.4 is 14.4 Å². The number of hydrogen-bond acceptors (Lipinski definition) is 4. The molecule has 0 saturated carbocycles. The summed E-state index contributed by atoms with van der Waals surface area (Å²) in [4.78, 5) is 12.7. The predicted octanol–water partition coefficient (Wildman–Crippen LogP) is 4.83. The zero-order chi connectivity index (χ0) is 20.8. The fourth-order valence-corrected chi connectivity index (χ4v) is 4.38. The molecule has 0 spiro atoms. The molecule has 1 aliphatic heterocycles. The highest BCUT2D eigenvalue weighted by Crippen LogP contribution is 2.38. The third-order valence-corrected chi connectivity index (χ3v) is 6.68. The van der Waals surface area contributed by atoms with Crippen LogP contribution in [0.25, 0.3) is 0 Å². The second-order valence-corrected chi connectivity index (χ2v) is 9.07. The van der Waals surface area contributed by atoms with E-state index in [4.69, 9.17) is 16.3 Å². The number of halogens is 1. The van der Waals surface area contributed by atoms with E-state index in [-0.39, 0.29) is 16.2 Å². The standard InChI is InChI=1S/C21H17ClN2O4S/c1-13-3-6-15(7-4-13)24(2)29(26,27)16-8-10-19-17(12-16)21(25)23-18-11-14(22)5-9-20(18)28-19/h3-12H,1-2H3,(H,23,25). The molecule has 3 aromatic carbocycles. The minimum atomic E-state index is -3.87. The number of aryl methyl sites for hydroxylation is 1. The third-order valence-electron chi connectivity index (χ3n) is 4.66. The van der Waals surface area contributed by atoms with Crippen molar-refractivity contribution < 1.29 is 17.9 Å². The average Bonchev–Trinajstić information content (AvgIpc) is 2.83. The van der Waals surface area contributed by atoms with E-state index in [1.54, 1.807) is 30.3 Å². The normalized spacial score (nSPS) is 12.9. The Bertz CT molecular complexity index is 1220. The molecule has 1 heterocycles. The molecular weight excluding hydrogens is 412 g/mol. The number of carbonyl (C=O) groups is 1. The monoisotopic (exact) mass is 428 g/mol. The summed E-state index contributed by atoms with van der Waals surface area (Å²) in [6, 6.07) is 16.2. The van der Waals surface area contributed by atoms with E-state index in [0.29, 0.717) is 22.1 Å². The van der Waals surface area contributed by atoms with Gasteiger partial charge < -0.3 is 10.1 Å². The van der Waals surface area contributed by atoms with Gasteiger partial charge in [0.25, 0.3) is 15.9 Å². The summed E-state index contributed by atoms with van der Waals surface area (Å²) >= 11 is 5.99.